The minimum Gasteiger partial charge on any atom is -0.339 e. The summed E-state index contributed by atoms with van der Waals surface area (Å²) in [6, 6.07) is 0. The van der Waals surface area contributed by atoms with E-state index >= 15 is 0 Å². The standard InChI is InChI=1S/C10H18N2O3S/c1-3-8-16(14,15)9-10(13)12-6-4-11(2)5-7-12/h3H,1,4-9H2,2H3. The van der Waals surface area contributed by atoms with Gasteiger partial charge in [0.25, 0.3) is 0 Å². The Kier molecular flexibility index (Phi) is 4.49. The maximum Gasteiger partial charge on any atom is 0.237 e. The number of hydrogen-bond acceptors (Lipinski definition) is 4. The first-order valence-corrected chi connectivity index (χ1v) is 7.04. The highest BCUT2D eigenvalue weighted by Gasteiger charge is 2.23. The van der Waals surface area contributed by atoms with Crippen LogP contribution in [0.1, 0.15) is 0 Å². The Hall–Kier alpha value is -0.880. The van der Waals surface area contributed by atoms with E-state index in [1.807, 2.05) is 7.05 Å². The number of sulfone groups is 1. The van der Waals surface area contributed by atoms with E-state index in [1.54, 1.807) is 4.90 Å². The van der Waals surface area contributed by atoms with Gasteiger partial charge in [-0.3, -0.25) is 4.79 Å². The molecule has 1 aliphatic heterocycles. The number of piperazine rings is 1. The van der Waals surface area contributed by atoms with E-state index < -0.39 is 15.6 Å². The minimum atomic E-state index is -3.32. The molecule has 0 N–H and O–H groups in total. The first-order valence-electron chi connectivity index (χ1n) is 5.22. The molecule has 0 radical (unpaired) electrons. The second-order valence-corrected chi connectivity index (χ2v) is 6.14. The smallest absolute Gasteiger partial charge is 0.237 e. The van der Waals surface area contributed by atoms with Crippen LogP contribution in [0.2, 0.25) is 0 Å². The predicted octanol–water partition coefficient (Wildman–Crippen LogP) is -0.639. The fourth-order valence-electron chi connectivity index (χ4n) is 1.57. The number of carbonyl (C=O) groups is 1. The van der Waals surface area contributed by atoms with Gasteiger partial charge in [-0.1, -0.05) is 6.08 Å². The molecule has 0 atom stereocenters. The van der Waals surface area contributed by atoms with Crippen molar-refractivity contribution < 1.29 is 13.2 Å². The highest BCUT2D eigenvalue weighted by Crippen LogP contribution is 2.02. The van der Waals surface area contributed by atoms with Crippen LogP contribution in [0.4, 0.5) is 0 Å². The van der Waals surface area contributed by atoms with Gasteiger partial charge in [0.05, 0.1) is 5.75 Å². The quantitative estimate of drug-likeness (QED) is 0.619. The van der Waals surface area contributed by atoms with E-state index in [9.17, 15) is 13.2 Å². The highest BCUT2D eigenvalue weighted by molar-refractivity contribution is 7.92. The number of carbonyl (C=O) groups excluding carboxylic acids is 1. The molecule has 1 rings (SSSR count). The van der Waals surface area contributed by atoms with Crippen molar-refractivity contribution >= 4 is 15.7 Å². The van der Waals surface area contributed by atoms with Gasteiger partial charge in [0.1, 0.15) is 5.75 Å². The molecule has 6 heteroatoms. The Morgan fingerprint density at radius 1 is 1.31 bits per heavy atom. The lowest BCUT2D eigenvalue weighted by Crippen LogP contribution is -2.48. The van der Waals surface area contributed by atoms with Crippen LogP contribution < -0.4 is 0 Å². The molecule has 0 aromatic heterocycles. The Labute approximate surface area is 96.6 Å². The summed E-state index contributed by atoms with van der Waals surface area (Å²) in [5.74, 6) is -0.829. The molecule has 0 unspecified atom stereocenters. The van der Waals surface area contributed by atoms with Crippen LogP contribution in [0.3, 0.4) is 0 Å². The second kappa shape index (κ2) is 5.45. The lowest BCUT2D eigenvalue weighted by atomic mass is 10.3. The first kappa shape index (κ1) is 13.2. The highest BCUT2D eigenvalue weighted by atomic mass is 32.2. The second-order valence-electron chi connectivity index (χ2n) is 4.03. The van der Waals surface area contributed by atoms with Crippen molar-refractivity contribution in [3.63, 3.8) is 0 Å². The monoisotopic (exact) mass is 246 g/mol. The Morgan fingerprint density at radius 3 is 2.38 bits per heavy atom. The van der Waals surface area contributed by atoms with Crippen molar-refractivity contribution in [2.45, 2.75) is 0 Å². The molecule has 5 nitrogen and oxygen atoms in total. The van der Waals surface area contributed by atoms with E-state index in [4.69, 9.17) is 0 Å². The first-order chi connectivity index (χ1) is 7.44. The average molecular weight is 246 g/mol. The summed E-state index contributed by atoms with van der Waals surface area (Å²) in [4.78, 5) is 15.4. The third-order valence-corrected chi connectivity index (χ3v) is 4.00. The maximum absolute atomic E-state index is 11.7. The number of amides is 1. The summed E-state index contributed by atoms with van der Waals surface area (Å²) in [5.41, 5.74) is 0. The van der Waals surface area contributed by atoms with E-state index in [0.717, 1.165) is 13.1 Å². The van der Waals surface area contributed by atoms with Gasteiger partial charge in [-0.15, -0.1) is 6.58 Å². The van der Waals surface area contributed by atoms with E-state index in [-0.39, 0.29) is 11.7 Å². The zero-order chi connectivity index (χ0) is 12.2. The molecule has 0 saturated carbocycles. The van der Waals surface area contributed by atoms with Crippen LogP contribution in [0.5, 0.6) is 0 Å². The molecule has 1 aliphatic rings. The van der Waals surface area contributed by atoms with Gasteiger partial charge < -0.3 is 9.80 Å². The van der Waals surface area contributed by atoms with Gasteiger partial charge in [-0.05, 0) is 7.05 Å². The third kappa shape index (κ3) is 3.94. The third-order valence-electron chi connectivity index (χ3n) is 2.57. The SMILES string of the molecule is C=CCS(=O)(=O)CC(=O)N1CCN(C)CC1. The van der Waals surface area contributed by atoms with Crippen molar-refractivity contribution in [2.75, 3.05) is 44.7 Å². The topological polar surface area (TPSA) is 57.7 Å². The number of likely N-dealkylation sites (N-methyl/N-ethyl adjacent to an activating group) is 1. The van der Waals surface area contributed by atoms with Crippen molar-refractivity contribution in [1.82, 2.24) is 9.80 Å². The molecule has 1 fully saturated rings. The minimum absolute atomic E-state index is 0.132. The van der Waals surface area contributed by atoms with Gasteiger partial charge in [0.15, 0.2) is 9.84 Å². The van der Waals surface area contributed by atoms with E-state index in [2.05, 4.69) is 11.5 Å². The number of hydrogen-bond donors (Lipinski definition) is 0. The molecule has 1 amide bonds. The van der Waals surface area contributed by atoms with Crippen LogP contribution in [-0.4, -0.2) is 68.9 Å². The Morgan fingerprint density at radius 2 is 1.88 bits per heavy atom. The van der Waals surface area contributed by atoms with Crippen molar-refractivity contribution in [1.29, 1.82) is 0 Å². The summed E-state index contributed by atoms with van der Waals surface area (Å²) >= 11 is 0. The molecule has 0 aromatic rings. The van der Waals surface area contributed by atoms with Crippen LogP contribution in [0.15, 0.2) is 12.7 Å². The fraction of sp³-hybridized carbons (Fsp3) is 0.700. The largest absolute Gasteiger partial charge is 0.339 e. The molecule has 92 valence electrons. The Bertz CT molecular complexity index is 356. The molecular weight excluding hydrogens is 228 g/mol. The average Bonchev–Trinajstić information content (AvgIpc) is 2.17. The van der Waals surface area contributed by atoms with Crippen molar-refractivity contribution in [3.05, 3.63) is 12.7 Å². The summed E-state index contributed by atoms with van der Waals surface area (Å²) in [6.07, 6.45) is 1.31. The predicted molar refractivity (Wildman–Crippen MR) is 62.9 cm³/mol. The van der Waals surface area contributed by atoms with Gasteiger partial charge in [-0.25, -0.2) is 8.42 Å². The lowest BCUT2D eigenvalue weighted by molar-refractivity contribution is -0.129. The molecule has 0 aromatic carbocycles. The van der Waals surface area contributed by atoms with Gasteiger partial charge in [0.2, 0.25) is 5.91 Å². The van der Waals surface area contributed by atoms with Gasteiger partial charge >= 0.3 is 0 Å². The molecular formula is C10H18N2O3S. The van der Waals surface area contributed by atoms with Crippen molar-refractivity contribution in [2.24, 2.45) is 0 Å². The van der Waals surface area contributed by atoms with Crippen LogP contribution in [0.25, 0.3) is 0 Å². The van der Waals surface area contributed by atoms with Crippen molar-refractivity contribution in [3.8, 4) is 0 Å². The molecule has 0 aliphatic carbocycles. The van der Waals surface area contributed by atoms with E-state index in [0.29, 0.717) is 13.1 Å². The summed E-state index contributed by atoms with van der Waals surface area (Å²) in [6.45, 7) is 6.18. The molecule has 1 heterocycles. The van der Waals surface area contributed by atoms with Crippen LogP contribution in [0, 0.1) is 0 Å². The molecule has 0 bridgehead atoms. The van der Waals surface area contributed by atoms with E-state index in [1.165, 1.54) is 6.08 Å². The number of nitrogens with zero attached hydrogens (tertiary/aromatic N) is 2. The normalized spacial score (nSPS) is 18.4. The van der Waals surface area contributed by atoms with Crippen LogP contribution >= 0.6 is 0 Å². The maximum atomic E-state index is 11.7. The Balaban J connectivity index is 2.50. The van der Waals surface area contributed by atoms with Gasteiger partial charge in [0, 0.05) is 26.2 Å². The molecule has 16 heavy (non-hydrogen) atoms. The summed E-state index contributed by atoms with van der Waals surface area (Å²) in [5, 5.41) is 0. The molecule has 0 spiro atoms. The summed E-state index contributed by atoms with van der Waals surface area (Å²) < 4.78 is 22.8. The molecule has 1 saturated heterocycles. The fourth-order valence-corrected chi connectivity index (χ4v) is 2.61. The number of rotatable bonds is 4. The van der Waals surface area contributed by atoms with Gasteiger partial charge in [-0.2, -0.15) is 0 Å². The van der Waals surface area contributed by atoms with Crippen LogP contribution in [-0.2, 0) is 14.6 Å². The zero-order valence-corrected chi connectivity index (χ0v) is 10.4. The summed E-state index contributed by atoms with van der Waals surface area (Å²) in [7, 11) is -1.33. The zero-order valence-electron chi connectivity index (χ0n) is 9.55. The lowest BCUT2D eigenvalue weighted by Gasteiger charge is -2.32.